The van der Waals surface area contributed by atoms with Crippen LogP contribution in [0.2, 0.25) is 0 Å². The smallest absolute Gasteiger partial charge is 0.123 e. The summed E-state index contributed by atoms with van der Waals surface area (Å²) in [6, 6.07) is 8.05. The maximum atomic E-state index is 5.20. The number of benzene rings is 1. The maximum Gasteiger partial charge on any atom is 0.123 e. The molecule has 0 aromatic heterocycles. The first-order chi connectivity index (χ1) is 5.88. The van der Waals surface area contributed by atoms with E-state index in [-0.39, 0.29) is 0 Å². The van der Waals surface area contributed by atoms with Crippen LogP contribution in [0.5, 0.6) is 5.75 Å². The molecule has 12 heavy (non-hydrogen) atoms. The lowest BCUT2D eigenvalue weighted by Crippen LogP contribution is -2.12. The molecule has 0 aliphatic carbocycles. The number of hydrogen-bond donors (Lipinski definition) is 1. The fourth-order valence-electron chi connectivity index (χ4n) is 1.11. The quantitative estimate of drug-likeness (QED) is 0.734. The van der Waals surface area contributed by atoms with Crippen LogP contribution in [-0.2, 0) is 6.54 Å². The highest BCUT2D eigenvalue weighted by Gasteiger charge is 1.98. The van der Waals surface area contributed by atoms with Crippen LogP contribution in [0.4, 0.5) is 0 Å². The first-order valence-corrected chi connectivity index (χ1v) is 4.21. The van der Waals surface area contributed by atoms with Crippen molar-refractivity contribution in [1.29, 1.82) is 0 Å². The Morgan fingerprint density at radius 1 is 1.33 bits per heavy atom. The van der Waals surface area contributed by atoms with E-state index in [1.165, 1.54) is 5.56 Å². The molecule has 66 valence electrons. The average molecular weight is 165 g/mol. The molecule has 0 saturated carbocycles. The van der Waals surface area contributed by atoms with E-state index in [0.29, 0.717) is 0 Å². The molecule has 2 heteroatoms. The summed E-state index contributed by atoms with van der Waals surface area (Å²) in [5.41, 5.74) is 1.21. The zero-order chi connectivity index (χ0) is 8.81. The summed E-state index contributed by atoms with van der Waals surface area (Å²) in [5.74, 6) is 0.957. The van der Waals surface area contributed by atoms with Gasteiger partial charge in [0.15, 0.2) is 0 Å². The normalized spacial score (nSPS) is 9.83. The van der Waals surface area contributed by atoms with E-state index in [4.69, 9.17) is 4.74 Å². The second-order valence-electron chi connectivity index (χ2n) is 2.59. The van der Waals surface area contributed by atoms with Crippen molar-refractivity contribution in [3.8, 4) is 5.75 Å². The molecule has 0 heterocycles. The Labute approximate surface area is 73.6 Å². The molecule has 0 atom stereocenters. The van der Waals surface area contributed by atoms with Crippen LogP contribution in [0.15, 0.2) is 24.3 Å². The average Bonchev–Trinajstić information content (AvgIpc) is 2.15. The Kier molecular flexibility index (Phi) is 3.61. The molecule has 1 rings (SSSR count). The molecule has 0 unspecified atom stereocenters. The Hall–Kier alpha value is -1.02. The fraction of sp³-hybridized carbons (Fsp3) is 0.400. The van der Waals surface area contributed by atoms with Gasteiger partial charge in [-0.3, -0.25) is 0 Å². The molecular weight excluding hydrogens is 150 g/mol. The van der Waals surface area contributed by atoms with Crippen LogP contribution in [0.25, 0.3) is 0 Å². The number of ether oxygens (including phenoxy) is 1. The molecule has 0 amide bonds. The molecule has 0 spiro atoms. The van der Waals surface area contributed by atoms with Crippen LogP contribution in [0, 0.1) is 0 Å². The standard InChI is InChI=1S/C10H15NO/c1-3-11-8-9-6-4-5-7-10(9)12-2/h4-7,11H,3,8H2,1-2H3. The first kappa shape index (κ1) is 9.07. The van der Waals surface area contributed by atoms with E-state index in [0.717, 1.165) is 18.8 Å². The van der Waals surface area contributed by atoms with E-state index in [9.17, 15) is 0 Å². The summed E-state index contributed by atoms with van der Waals surface area (Å²) in [6.45, 7) is 3.95. The van der Waals surface area contributed by atoms with Crippen molar-refractivity contribution >= 4 is 0 Å². The predicted molar refractivity (Wildman–Crippen MR) is 50.4 cm³/mol. The zero-order valence-corrected chi connectivity index (χ0v) is 7.63. The van der Waals surface area contributed by atoms with E-state index in [1.54, 1.807) is 7.11 Å². The molecule has 0 aliphatic rings. The summed E-state index contributed by atoms with van der Waals surface area (Å²) in [7, 11) is 1.70. The Morgan fingerprint density at radius 3 is 2.75 bits per heavy atom. The third-order valence-corrected chi connectivity index (χ3v) is 1.76. The molecule has 0 saturated heterocycles. The van der Waals surface area contributed by atoms with Crippen molar-refractivity contribution in [1.82, 2.24) is 5.32 Å². The molecule has 0 fully saturated rings. The van der Waals surface area contributed by atoms with Gasteiger partial charge in [-0.25, -0.2) is 0 Å². The Morgan fingerprint density at radius 2 is 2.08 bits per heavy atom. The maximum absolute atomic E-state index is 5.20. The number of rotatable bonds is 4. The third-order valence-electron chi connectivity index (χ3n) is 1.76. The summed E-state index contributed by atoms with van der Waals surface area (Å²) in [5, 5.41) is 3.26. The van der Waals surface area contributed by atoms with E-state index in [2.05, 4.69) is 18.3 Å². The van der Waals surface area contributed by atoms with Crippen molar-refractivity contribution in [2.45, 2.75) is 13.5 Å². The van der Waals surface area contributed by atoms with Gasteiger partial charge in [-0.15, -0.1) is 0 Å². The van der Waals surface area contributed by atoms with Crippen molar-refractivity contribution in [2.24, 2.45) is 0 Å². The third kappa shape index (κ3) is 2.24. The monoisotopic (exact) mass is 165 g/mol. The molecule has 2 nitrogen and oxygen atoms in total. The second-order valence-corrected chi connectivity index (χ2v) is 2.59. The molecule has 1 aromatic carbocycles. The molecular formula is C10H15NO. The number of nitrogens with one attached hydrogen (secondary N) is 1. The fourth-order valence-corrected chi connectivity index (χ4v) is 1.11. The molecule has 1 aromatic rings. The number of hydrogen-bond acceptors (Lipinski definition) is 2. The lowest BCUT2D eigenvalue weighted by atomic mass is 10.2. The van der Waals surface area contributed by atoms with Gasteiger partial charge in [0.1, 0.15) is 5.75 Å². The molecule has 0 bridgehead atoms. The van der Waals surface area contributed by atoms with Crippen LogP contribution in [0.3, 0.4) is 0 Å². The van der Waals surface area contributed by atoms with Crippen molar-refractivity contribution < 1.29 is 4.74 Å². The second kappa shape index (κ2) is 4.78. The summed E-state index contributed by atoms with van der Waals surface area (Å²) >= 11 is 0. The van der Waals surface area contributed by atoms with Gasteiger partial charge in [0.05, 0.1) is 7.11 Å². The van der Waals surface area contributed by atoms with Gasteiger partial charge in [-0.05, 0) is 12.6 Å². The van der Waals surface area contributed by atoms with Crippen LogP contribution in [-0.4, -0.2) is 13.7 Å². The zero-order valence-electron chi connectivity index (χ0n) is 7.63. The van der Waals surface area contributed by atoms with E-state index < -0.39 is 0 Å². The Bertz CT molecular complexity index is 235. The highest BCUT2D eigenvalue weighted by molar-refractivity contribution is 5.32. The topological polar surface area (TPSA) is 21.3 Å². The highest BCUT2D eigenvalue weighted by Crippen LogP contribution is 2.16. The molecule has 1 N–H and O–H groups in total. The van der Waals surface area contributed by atoms with Crippen molar-refractivity contribution in [3.63, 3.8) is 0 Å². The SMILES string of the molecule is CCNCc1ccccc1OC. The number of para-hydroxylation sites is 1. The minimum Gasteiger partial charge on any atom is -0.496 e. The lowest BCUT2D eigenvalue weighted by Gasteiger charge is -2.07. The van der Waals surface area contributed by atoms with Gasteiger partial charge in [-0.2, -0.15) is 0 Å². The largest absolute Gasteiger partial charge is 0.496 e. The highest BCUT2D eigenvalue weighted by atomic mass is 16.5. The molecule has 0 radical (unpaired) electrons. The van der Waals surface area contributed by atoms with Crippen LogP contribution >= 0.6 is 0 Å². The minimum atomic E-state index is 0.876. The van der Waals surface area contributed by atoms with Crippen molar-refractivity contribution in [3.05, 3.63) is 29.8 Å². The van der Waals surface area contributed by atoms with E-state index in [1.807, 2.05) is 18.2 Å². The van der Waals surface area contributed by atoms with Gasteiger partial charge >= 0.3 is 0 Å². The predicted octanol–water partition coefficient (Wildman–Crippen LogP) is 1.80. The van der Waals surface area contributed by atoms with Gasteiger partial charge in [-0.1, -0.05) is 25.1 Å². The minimum absolute atomic E-state index is 0.876. The van der Waals surface area contributed by atoms with Gasteiger partial charge in [0.25, 0.3) is 0 Å². The first-order valence-electron chi connectivity index (χ1n) is 4.21. The summed E-state index contributed by atoms with van der Waals surface area (Å²) < 4.78 is 5.20. The van der Waals surface area contributed by atoms with Gasteiger partial charge in [0, 0.05) is 12.1 Å². The molecule has 0 aliphatic heterocycles. The summed E-state index contributed by atoms with van der Waals surface area (Å²) in [6.07, 6.45) is 0. The Balaban J connectivity index is 2.68. The number of methoxy groups -OCH3 is 1. The van der Waals surface area contributed by atoms with E-state index >= 15 is 0 Å². The van der Waals surface area contributed by atoms with Gasteiger partial charge in [0.2, 0.25) is 0 Å². The van der Waals surface area contributed by atoms with Gasteiger partial charge < -0.3 is 10.1 Å². The van der Waals surface area contributed by atoms with Crippen molar-refractivity contribution in [2.75, 3.05) is 13.7 Å². The lowest BCUT2D eigenvalue weighted by molar-refractivity contribution is 0.408. The van der Waals surface area contributed by atoms with Crippen LogP contribution < -0.4 is 10.1 Å². The van der Waals surface area contributed by atoms with Crippen LogP contribution in [0.1, 0.15) is 12.5 Å². The summed E-state index contributed by atoms with van der Waals surface area (Å²) in [4.78, 5) is 0.